The Morgan fingerprint density at radius 2 is 2.18 bits per heavy atom. The van der Waals surface area contributed by atoms with Crippen LogP contribution in [-0.4, -0.2) is 29.6 Å². The average Bonchev–Trinajstić information content (AvgIpc) is 2.70. The lowest BCUT2D eigenvalue weighted by molar-refractivity contribution is 0.108. The van der Waals surface area contributed by atoms with E-state index in [9.17, 15) is 14.0 Å². The third-order valence-electron chi connectivity index (χ3n) is 5.49. The number of rotatable bonds is 2. The van der Waals surface area contributed by atoms with Crippen LogP contribution < -0.4 is 10.9 Å². The molecule has 1 atom stereocenters. The summed E-state index contributed by atoms with van der Waals surface area (Å²) in [5.74, 6) is -0.535. The van der Waals surface area contributed by atoms with E-state index in [-0.39, 0.29) is 22.7 Å². The van der Waals surface area contributed by atoms with Crippen LogP contribution in [0.1, 0.15) is 41.3 Å². The molecule has 1 aliphatic heterocycles. The lowest BCUT2D eigenvalue weighted by Gasteiger charge is -2.36. The molecule has 0 fully saturated rings. The standard InChI is InChI=1S/C20H21ClFN3O3/c1-25(20(27)23-11-5-6-15(22)14(21)9-11)17-4-2-3-16-18(17)12-7-8-28-10-13(12)19(26)24-16/h5-6,9,17H,2-4,7-8,10H2,1H3,(H,23,27)(H,24,26)/t17-/m0/s1. The third-order valence-corrected chi connectivity index (χ3v) is 5.78. The maximum atomic E-state index is 13.3. The van der Waals surface area contributed by atoms with E-state index >= 15 is 0 Å². The average molecular weight is 406 g/mol. The Hall–Kier alpha value is -2.38. The highest BCUT2D eigenvalue weighted by Crippen LogP contribution is 2.37. The zero-order valence-corrected chi connectivity index (χ0v) is 16.2. The molecule has 0 unspecified atom stereocenters. The van der Waals surface area contributed by atoms with Gasteiger partial charge in [0.25, 0.3) is 5.56 Å². The van der Waals surface area contributed by atoms with Gasteiger partial charge in [0.1, 0.15) is 5.82 Å². The minimum Gasteiger partial charge on any atom is -0.376 e. The van der Waals surface area contributed by atoms with Crippen LogP contribution in [0.2, 0.25) is 5.02 Å². The molecule has 0 spiro atoms. The highest BCUT2D eigenvalue weighted by atomic mass is 35.5. The number of H-pyrrole nitrogens is 1. The van der Waals surface area contributed by atoms with Gasteiger partial charge in [-0.05, 0) is 55.0 Å². The minimum atomic E-state index is -0.535. The first-order chi connectivity index (χ1) is 13.5. The highest BCUT2D eigenvalue weighted by molar-refractivity contribution is 6.31. The van der Waals surface area contributed by atoms with Crippen LogP contribution in [0.4, 0.5) is 14.9 Å². The quantitative estimate of drug-likeness (QED) is 0.798. The molecule has 0 bridgehead atoms. The maximum Gasteiger partial charge on any atom is 0.322 e. The monoisotopic (exact) mass is 405 g/mol. The summed E-state index contributed by atoms with van der Waals surface area (Å²) in [4.78, 5) is 29.8. The first kappa shape index (κ1) is 19.0. The van der Waals surface area contributed by atoms with E-state index in [1.807, 2.05) is 0 Å². The SMILES string of the molecule is CN(C(=O)Nc1ccc(F)c(Cl)c1)[C@H]1CCCc2[nH]c(=O)c3c(c21)CCOC3. The van der Waals surface area contributed by atoms with Gasteiger partial charge in [0.05, 0.1) is 24.3 Å². The number of aromatic nitrogens is 1. The van der Waals surface area contributed by atoms with E-state index in [1.165, 1.54) is 18.2 Å². The summed E-state index contributed by atoms with van der Waals surface area (Å²) in [6.07, 6.45) is 3.14. The number of carbonyl (C=O) groups excluding carboxylic acids is 1. The van der Waals surface area contributed by atoms with E-state index in [4.69, 9.17) is 16.3 Å². The zero-order valence-electron chi connectivity index (χ0n) is 15.5. The molecular formula is C20H21ClFN3O3. The normalized spacial score (nSPS) is 18.2. The molecule has 2 aliphatic rings. The second-order valence-electron chi connectivity index (χ2n) is 7.18. The summed E-state index contributed by atoms with van der Waals surface area (Å²) >= 11 is 5.80. The summed E-state index contributed by atoms with van der Waals surface area (Å²) < 4.78 is 18.8. The largest absolute Gasteiger partial charge is 0.376 e. The number of nitrogens with one attached hydrogen (secondary N) is 2. The fourth-order valence-electron chi connectivity index (χ4n) is 4.08. The van der Waals surface area contributed by atoms with Crippen molar-refractivity contribution in [1.29, 1.82) is 0 Å². The number of urea groups is 1. The van der Waals surface area contributed by atoms with Gasteiger partial charge in [-0.3, -0.25) is 4.79 Å². The van der Waals surface area contributed by atoms with Gasteiger partial charge >= 0.3 is 6.03 Å². The number of hydrogen-bond donors (Lipinski definition) is 2. The first-order valence-electron chi connectivity index (χ1n) is 9.29. The van der Waals surface area contributed by atoms with Crippen LogP contribution in [0.3, 0.4) is 0 Å². The maximum absolute atomic E-state index is 13.3. The van der Waals surface area contributed by atoms with Crippen LogP contribution >= 0.6 is 11.6 Å². The Balaban J connectivity index is 1.64. The van der Waals surface area contributed by atoms with Crippen LogP contribution in [0.5, 0.6) is 0 Å². The molecule has 0 saturated carbocycles. The number of pyridine rings is 1. The Bertz CT molecular complexity index is 991. The molecule has 4 rings (SSSR count). The number of aryl methyl sites for hydroxylation is 1. The van der Waals surface area contributed by atoms with E-state index < -0.39 is 5.82 Å². The van der Waals surface area contributed by atoms with Gasteiger partial charge in [0, 0.05) is 24.0 Å². The van der Waals surface area contributed by atoms with Crippen molar-refractivity contribution in [1.82, 2.24) is 9.88 Å². The van der Waals surface area contributed by atoms with Crippen molar-refractivity contribution in [3.8, 4) is 0 Å². The number of fused-ring (bicyclic) bond motifs is 3. The molecule has 1 aromatic heterocycles. The molecule has 1 aliphatic carbocycles. The predicted molar refractivity (Wildman–Crippen MR) is 104 cm³/mol. The minimum absolute atomic E-state index is 0.0462. The molecule has 0 radical (unpaired) electrons. The number of halogens is 2. The van der Waals surface area contributed by atoms with Crippen molar-refractivity contribution in [2.45, 2.75) is 38.3 Å². The number of amides is 2. The molecule has 6 nitrogen and oxygen atoms in total. The number of hydrogen-bond acceptors (Lipinski definition) is 3. The van der Waals surface area contributed by atoms with Crippen LogP contribution in [0, 0.1) is 5.82 Å². The van der Waals surface area contributed by atoms with Crippen molar-refractivity contribution in [3.63, 3.8) is 0 Å². The lowest BCUT2D eigenvalue weighted by Crippen LogP contribution is -2.39. The Morgan fingerprint density at radius 3 is 2.96 bits per heavy atom. The summed E-state index contributed by atoms with van der Waals surface area (Å²) in [5.41, 5.74) is 3.96. The van der Waals surface area contributed by atoms with E-state index in [2.05, 4.69) is 10.3 Å². The second-order valence-corrected chi connectivity index (χ2v) is 7.59. The van der Waals surface area contributed by atoms with Gasteiger partial charge < -0.3 is 19.9 Å². The van der Waals surface area contributed by atoms with Crippen molar-refractivity contribution in [2.75, 3.05) is 19.0 Å². The summed E-state index contributed by atoms with van der Waals surface area (Å²) in [6, 6.07) is 3.61. The summed E-state index contributed by atoms with van der Waals surface area (Å²) in [7, 11) is 1.73. The lowest BCUT2D eigenvalue weighted by atomic mass is 9.84. The number of nitrogens with zero attached hydrogens (tertiary/aromatic N) is 1. The van der Waals surface area contributed by atoms with Crippen molar-refractivity contribution >= 4 is 23.3 Å². The highest BCUT2D eigenvalue weighted by Gasteiger charge is 2.32. The number of ether oxygens (including phenoxy) is 1. The molecule has 2 aromatic rings. The van der Waals surface area contributed by atoms with Gasteiger partial charge in [-0.25, -0.2) is 9.18 Å². The number of anilines is 1. The molecule has 2 amide bonds. The predicted octanol–water partition coefficient (Wildman–Crippen LogP) is 3.78. The number of carbonyl (C=O) groups is 1. The molecule has 1 aromatic carbocycles. The van der Waals surface area contributed by atoms with Crippen molar-refractivity contribution in [2.24, 2.45) is 0 Å². The topological polar surface area (TPSA) is 74.4 Å². The third kappa shape index (κ3) is 3.40. The van der Waals surface area contributed by atoms with Gasteiger partial charge in [-0.15, -0.1) is 0 Å². The van der Waals surface area contributed by atoms with Gasteiger partial charge in [0.15, 0.2) is 0 Å². The van der Waals surface area contributed by atoms with Gasteiger partial charge in [-0.2, -0.15) is 0 Å². The summed E-state index contributed by atoms with van der Waals surface area (Å²) in [5, 5.41) is 2.72. The molecule has 148 valence electrons. The van der Waals surface area contributed by atoms with Crippen LogP contribution in [0.25, 0.3) is 0 Å². The van der Waals surface area contributed by atoms with E-state index in [0.717, 1.165) is 36.1 Å². The fraction of sp³-hybridized carbons (Fsp3) is 0.400. The number of aromatic amines is 1. The van der Waals surface area contributed by atoms with Crippen molar-refractivity contribution < 1.29 is 13.9 Å². The van der Waals surface area contributed by atoms with Gasteiger partial charge in [0.2, 0.25) is 0 Å². The molecule has 28 heavy (non-hydrogen) atoms. The van der Waals surface area contributed by atoms with Crippen LogP contribution in [-0.2, 0) is 24.2 Å². The zero-order chi connectivity index (χ0) is 19.8. The Labute approximate surface area is 166 Å². The fourth-order valence-corrected chi connectivity index (χ4v) is 4.26. The molecule has 8 heteroatoms. The molecular weight excluding hydrogens is 385 g/mol. The first-order valence-corrected chi connectivity index (χ1v) is 9.67. The Kier molecular flexibility index (Phi) is 5.12. The van der Waals surface area contributed by atoms with Crippen molar-refractivity contribution in [3.05, 3.63) is 61.8 Å². The second kappa shape index (κ2) is 7.56. The number of benzene rings is 1. The molecule has 2 heterocycles. The van der Waals surface area contributed by atoms with E-state index in [1.54, 1.807) is 11.9 Å². The molecule has 2 N–H and O–H groups in total. The van der Waals surface area contributed by atoms with Gasteiger partial charge in [-0.1, -0.05) is 11.6 Å². The van der Waals surface area contributed by atoms with E-state index in [0.29, 0.717) is 30.9 Å². The van der Waals surface area contributed by atoms with Crippen LogP contribution in [0.15, 0.2) is 23.0 Å². The summed E-state index contributed by atoms with van der Waals surface area (Å²) in [6.45, 7) is 0.869. The Morgan fingerprint density at radius 1 is 1.36 bits per heavy atom. The molecule has 0 saturated heterocycles. The smallest absolute Gasteiger partial charge is 0.322 e.